The highest BCUT2D eigenvalue weighted by Gasteiger charge is 2.29. The lowest BCUT2D eigenvalue weighted by Gasteiger charge is -2.30. The number of rotatable bonds is 10. The molecule has 0 radical (unpaired) electrons. The van der Waals surface area contributed by atoms with Crippen molar-refractivity contribution in [2.45, 2.75) is 13.3 Å². The van der Waals surface area contributed by atoms with E-state index >= 15 is 0 Å². The highest BCUT2D eigenvalue weighted by molar-refractivity contribution is 6.09. The Morgan fingerprint density at radius 1 is 0.955 bits per heavy atom. The quantitative estimate of drug-likeness (QED) is 0.217. The minimum atomic E-state index is -0.353. The number of benzene rings is 3. The second kappa shape index (κ2) is 12.8. The molecule has 0 unspecified atom stereocenters. The van der Waals surface area contributed by atoms with Crippen molar-refractivity contribution in [2.24, 2.45) is 7.05 Å². The summed E-state index contributed by atoms with van der Waals surface area (Å²) in [5, 5.41) is 33.3. The molecule has 1 aromatic heterocycles. The Balaban J connectivity index is 1.47. The summed E-state index contributed by atoms with van der Waals surface area (Å²) in [5.41, 5.74) is 5.62. The van der Waals surface area contributed by atoms with Gasteiger partial charge in [-0.2, -0.15) is 0 Å². The zero-order chi connectivity index (χ0) is 31.5. The number of nitrogens with one attached hydrogen (secondary N) is 1. The minimum Gasteiger partial charge on any atom is -0.505 e. The van der Waals surface area contributed by atoms with Gasteiger partial charge in [-0.3, -0.25) is 9.59 Å². The van der Waals surface area contributed by atoms with Crippen LogP contribution >= 0.6 is 0 Å². The largest absolute Gasteiger partial charge is 0.505 e. The number of hydrogen-bond acceptors (Lipinski definition) is 9. The predicted octanol–water partition coefficient (Wildman–Crippen LogP) is 3.26. The van der Waals surface area contributed by atoms with Crippen molar-refractivity contribution in [3.05, 3.63) is 87.8 Å². The molecule has 1 aliphatic heterocycles. The van der Waals surface area contributed by atoms with Crippen LogP contribution in [-0.4, -0.2) is 77.7 Å². The Hall–Kier alpha value is -4.87. The van der Waals surface area contributed by atoms with E-state index in [4.69, 9.17) is 0 Å². The molecule has 0 saturated heterocycles. The third-order valence-electron chi connectivity index (χ3n) is 7.90. The molecule has 1 aliphatic rings. The first kappa shape index (κ1) is 30.6. The van der Waals surface area contributed by atoms with E-state index in [-0.39, 0.29) is 36.2 Å². The summed E-state index contributed by atoms with van der Waals surface area (Å²) < 4.78 is 1.40. The predicted molar refractivity (Wildman–Crippen MR) is 174 cm³/mol. The lowest BCUT2D eigenvalue weighted by Crippen LogP contribution is -2.37. The monoisotopic (exact) mass is 598 g/mol. The number of carbonyl (C=O) groups is 1. The number of hydrogen-bond donors (Lipinski definition) is 4. The third kappa shape index (κ3) is 5.97. The van der Waals surface area contributed by atoms with Gasteiger partial charge in [-0.05, 0) is 73.0 Å². The van der Waals surface area contributed by atoms with Crippen molar-refractivity contribution >= 4 is 34.5 Å². The van der Waals surface area contributed by atoms with Gasteiger partial charge in [0, 0.05) is 75.2 Å². The summed E-state index contributed by atoms with van der Waals surface area (Å²) in [4.78, 5) is 36.7. The lowest BCUT2D eigenvalue weighted by molar-refractivity contribution is 0.0980. The Labute approximate surface area is 256 Å². The SMILES string of the molecule is Cc1ccc(N2CCc3cc(N(C)C)ccc3C2=O)c(O)c1-c1cn(C)c(=O)c(Nc2ccc(N(CCO)CCO)cc2)n1. The minimum absolute atomic E-state index is 0.0446. The molecule has 3 aromatic carbocycles. The molecule has 0 saturated carbocycles. The highest BCUT2D eigenvalue weighted by atomic mass is 16.3. The molecule has 230 valence electrons. The summed E-state index contributed by atoms with van der Waals surface area (Å²) in [7, 11) is 5.54. The number of aryl methyl sites for hydroxylation is 2. The Bertz CT molecular complexity index is 1730. The van der Waals surface area contributed by atoms with E-state index in [1.165, 1.54) is 4.57 Å². The number of anilines is 5. The van der Waals surface area contributed by atoms with Crippen molar-refractivity contribution in [1.82, 2.24) is 9.55 Å². The molecule has 5 rings (SSSR count). The van der Waals surface area contributed by atoms with E-state index in [9.17, 15) is 24.9 Å². The van der Waals surface area contributed by atoms with Crippen LogP contribution in [0.25, 0.3) is 11.3 Å². The summed E-state index contributed by atoms with van der Waals surface area (Å²) in [6.45, 7) is 2.93. The normalized spacial score (nSPS) is 12.7. The molecule has 11 heteroatoms. The molecule has 0 aliphatic carbocycles. The summed E-state index contributed by atoms with van der Waals surface area (Å²) in [6.07, 6.45) is 2.22. The molecule has 4 N–H and O–H groups in total. The standard InChI is InChI=1S/C33H38N6O5/c1-21-5-12-28(39-14-13-22-19-25(36(2)3)10-11-26(22)32(39)43)30(42)29(21)27-20-37(4)33(44)31(35-27)34-23-6-8-24(9-7-23)38(15-17-40)16-18-41/h5-12,19-20,40-42H,13-18H2,1-4H3,(H,34,35). The summed E-state index contributed by atoms with van der Waals surface area (Å²) in [5.74, 6) is -0.192. The molecular formula is C33H38N6O5. The fraction of sp³-hybridized carbons (Fsp3) is 0.303. The lowest BCUT2D eigenvalue weighted by atomic mass is 9.96. The van der Waals surface area contributed by atoms with Crippen LogP contribution in [-0.2, 0) is 13.5 Å². The number of phenolic OH excluding ortho intramolecular Hbond substituents is 1. The van der Waals surface area contributed by atoms with Crippen LogP contribution in [0.1, 0.15) is 21.5 Å². The molecule has 2 heterocycles. The van der Waals surface area contributed by atoms with Crippen LogP contribution in [0.2, 0.25) is 0 Å². The van der Waals surface area contributed by atoms with Crippen molar-refractivity contribution in [3.8, 4) is 17.0 Å². The Morgan fingerprint density at radius 2 is 1.64 bits per heavy atom. The van der Waals surface area contributed by atoms with Gasteiger partial charge < -0.3 is 39.9 Å². The summed E-state index contributed by atoms with van der Waals surface area (Å²) >= 11 is 0. The zero-order valence-electron chi connectivity index (χ0n) is 25.4. The smallest absolute Gasteiger partial charge is 0.293 e. The van der Waals surface area contributed by atoms with Crippen molar-refractivity contribution in [3.63, 3.8) is 0 Å². The van der Waals surface area contributed by atoms with Gasteiger partial charge in [0.2, 0.25) is 0 Å². The third-order valence-corrected chi connectivity index (χ3v) is 7.90. The number of fused-ring (bicyclic) bond motifs is 1. The number of amides is 1. The van der Waals surface area contributed by atoms with Crippen LogP contribution in [0.15, 0.2) is 65.6 Å². The van der Waals surface area contributed by atoms with E-state index in [1.807, 2.05) is 67.2 Å². The molecule has 0 spiro atoms. The van der Waals surface area contributed by atoms with Crippen molar-refractivity contribution in [1.29, 1.82) is 0 Å². The zero-order valence-corrected chi connectivity index (χ0v) is 25.4. The molecule has 0 atom stereocenters. The second-order valence-electron chi connectivity index (χ2n) is 11.1. The van der Waals surface area contributed by atoms with Gasteiger partial charge in [0.1, 0.15) is 5.75 Å². The fourth-order valence-electron chi connectivity index (χ4n) is 5.52. The van der Waals surface area contributed by atoms with Gasteiger partial charge in [0.15, 0.2) is 5.82 Å². The van der Waals surface area contributed by atoms with E-state index in [0.29, 0.717) is 54.3 Å². The number of aliphatic hydroxyl groups excluding tert-OH is 2. The Kier molecular flexibility index (Phi) is 8.88. The highest BCUT2D eigenvalue weighted by Crippen LogP contribution is 2.41. The fourth-order valence-corrected chi connectivity index (χ4v) is 5.52. The van der Waals surface area contributed by atoms with Gasteiger partial charge in [0.25, 0.3) is 11.5 Å². The first-order chi connectivity index (χ1) is 21.1. The van der Waals surface area contributed by atoms with Gasteiger partial charge in [-0.1, -0.05) is 6.07 Å². The molecule has 0 fully saturated rings. The molecule has 1 amide bonds. The van der Waals surface area contributed by atoms with Crippen LogP contribution in [0.4, 0.5) is 28.6 Å². The average Bonchev–Trinajstić information content (AvgIpc) is 3.00. The number of aromatic hydroxyl groups is 1. The topological polar surface area (TPSA) is 134 Å². The average molecular weight is 599 g/mol. The number of aromatic nitrogens is 2. The Morgan fingerprint density at radius 3 is 2.30 bits per heavy atom. The molecule has 4 aromatic rings. The van der Waals surface area contributed by atoms with Crippen molar-refractivity contribution in [2.75, 3.05) is 67.0 Å². The van der Waals surface area contributed by atoms with Crippen molar-refractivity contribution < 1.29 is 20.1 Å². The van der Waals surface area contributed by atoms with Crippen LogP contribution in [0.3, 0.4) is 0 Å². The number of aliphatic hydroxyl groups is 2. The van der Waals surface area contributed by atoms with Gasteiger partial charge in [0.05, 0.1) is 24.6 Å². The summed E-state index contributed by atoms with van der Waals surface area (Å²) in [6, 6.07) is 16.6. The molecule has 44 heavy (non-hydrogen) atoms. The second-order valence-corrected chi connectivity index (χ2v) is 11.1. The maximum atomic E-state index is 13.6. The molecule has 11 nitrogen and oxygen atoms in total. The van der Waals surface area contributed by atoms with E-state index in [0.717, 1.165) is 22.5 Å². The van der Waals surface area contributed by atoms with Gasteiger partial charge >= 0.3 is 0 Å². The number of carbonyl (C=O) groups excluding carboxylic acids is 1. The number of nitrogens with zero attached hydrogens (tertiary/aromatic N) is 5. The molecular weight excluding hydrogens is 560 g/mol. The van der Waals surface area contributed by atoms with E-state index < -0.39 is 0 Å². The van der Waals surface area contributed by atoms with Crippen LogP contribution in [0, 0.1) is 6.92 Å². The first-order valence-corrected chi connectivity index (χ1v) is 14.5. The van der Waals surface area contributed by atoms with E-state index in [2.05, 4.69) is 10.3 Å². The van der Waals surface area contributed by atoms with Crippen LogP contribution in [0.5, 0.6) is 5.75 Å². The number of phenols is 1. The maximum Gasteiger partial charge on any atom is 0.293 e. The molecule has 0 bridgehead atoms. The van der Waals surface area contributed by atoms with Crippen LogP contribution < -0.4 is 25.6 Å². The maximum absolute atomic E-state index is 13.6. The van der Waals surface area contributed by atoms with Gasteiger partial charge in [-0.15, -0.1) is 0 Å². The van der Waals surface area contributed by atoms with Gasteiger partial charge in [-0.25, -0.2) is 4.98 Å². The first-order valence-electron chi connectivity index (χ1n) is 14.5. The van der Waals surface area contributed by atoms with E-state index in [1.54, 1.807) is 36.3 Å².